The Bertz CT molecular complexity index is 1600. The van der Waals surface area contributed by atoms with Crippen molar-refractivity contribution in [1.82, 2.24) is 5.32 Å². The molecular weight excluding hydrogens is 663 g/mol. The number of alkyl carbamates (subject to hydrolysis) is 1. The van der Waals surface area contributed by atoms with E-state index in [1.54, 1.807) is 14.2 Å². The fraction of sp³-hybridized carbons (Fsp3) is 0.587. The van der Waals surface area contributed by atoms with Gasteiger partial charge in [0.1, 0.15) is 23.2 Å². The van der Waals surface area contributed by atoms with E-state index in [2.05, 4.69) is 31.3 Å². The van der Waals surface area contributed by atoms with E-state index >= 15 is 0 Å². The highest BCUT2D eigenvalue weighted by atomic mass is 16.6. The first-order valence-corrected chi connectivity index (χ1v) is 20.3. The highest BCUT2D eigenvalue weighted by Gasteiger charge is 2.58. The Kier molecular flexibility index (Phi) is 11.4. The van der Waals surface area contributed by atoms with E-state index in [1.165, 1.54) is 44.9 Å². The molecule has 7 rings (SSSR count). The van der Waals surface area contributed by atoms with Crippen molar-refractivity contribution in [2.75, 3.05) is 27.4 Å². The quantitative estimate of drug-likeness (QED) is 0.171. The minimum absolute atomic E-state index is 0.0229. The van der Waals surface area contributed by atoms with Crippen molar-refractivity contribution < 1.29 is 28.8 Å². The summed E-state index contributed by atoms with van der Waals surface area (Å²) in [6, 6.07) is 26.0. The van der Waals surface area contributed by atoms with Crippen LogP contribution in [0.2, 0.25) is 0 Å². The summed E-state index contributed by atoms with van der Waals surface area (Å²) >= 11 is 0. The van der Waals surface area contributed by atoms with Gasteiger partial charge in [-0.25, -0.2) is 4.79 Å². The lowest BCUT2D eigenvalue weighted by Gasteiger charge is -2.60. The Morgan fingerprint density at radius 2 is 1.45 bits per heavy atom. The Labute approximate surface area is 317 Å². The van der Waals surface area contributed by atoms with Gasteiger partial charge in [0.25, 0.3) is 0 Å². The first-order chi connectivity index (χ1) is 25.7. The zero-order valence-corrected chi connectivity index (χ0v) is 32.4. The lowest BCUT2D eigenvalue weighted by atomic mass is 9.45. The van der Waals surface area contributed by atoms with Gasteiger partial charge in [-0.2, -0.15) is 0 Å². The third-order valence-electron chi connectivity index (χ3n) is 14.4. The van der Waals surface area contributed by atoms with Crippen LogP contribution < -0.4 is 14.8 Å². The molecule has 7 heteroatoms. The van der Waals surface area contributed by atoms with E-state index in [0.29, 0.717) is 42.7 Å². The molecule has 8 atom stereocenters. The lowest BCUT2D eigenvalue weighted by molar-refractivity contribution is -0.121. The number of carbonyl (C=O) groups excluding carboxylic acids is 1. The number of methoxy groups -OCH3 is 2. The summed E-state index contributed by atoms with van der Waals surface area (Å²) < 4.78 is 23.8. The van der Waals surface area contributed by atoms with Crippen LogP contribution in [0.25, 0.3) is 0 Å². The molecule has 0 saturated heterocycles. The average molecular weight is 724 g/mol. The second kappa shape index (κ2) is 16.0. The van der Waals surface area contributed by atoms with E-state index < -0.39 is 11.7 Å². The molecule has 1 amide bonds. The van der Waals surface area contributed by atoms with Crippen LogP contribution in [0.3, 0.4) is 0 Å². The van der Waals surface area contributed by atoms with E-state index in [1.807, 2.05) is 66.7 Å². The third kappa shape index (κ3) is 7.58. The second-order valence-electron chi connectivity index (χ2n) is 17.1. The van der Waals surface area contributed by atoms with Crippen molar-refractivity contribution in [2.45, 2.75) is 109 Å². The van der Waals surface area contributed by atoms with Crippen LogP contribution >= 0.6 is 0 Å². The fourth-order valence-corrected chi connectivity index (χ4v) is 11.4. The minimum atomic E-state index is -0.940. The van der Waals surface area contributed by atoms with Gasteiger partial charge in [-0.05, 0) is 146 Å². The van der Waals surface area contributed by atoms with Crippen LogP contribution in [0.1, 0.15) is 108 Å². The van der Waals surface area contributed by atoms with E-state index in [-0.39, 0.29) is 12.2 Å². The normalized spacial score (nSPS) is 29.9. The van der Waals surface area contributed by atoms with E-state index in [9.17, 15) is 9.90 Å². The maximum atomic E-state index is 13.0. The number of rotatable bonds is 13. The summed E-state index contributed by atoms with van der Waals surface area (Å²) in [5, 5.41) is 14.0. The molecule has 1 unspecified atom stereocenters. The number of ether oxygens (including phenoxy) is 4. The molecule has 0 aromatic heterocycles. The molecule has 4 aliphatic rings. The monoisotopic (exact) mass is 723 g/mol. The molecule has 3 aromatic carbocycles. The Hall–Kier alpha value is -3.55. The number of aliphatic hydroxyl groups excluding tert-OH is 1. The molecule has 0 aliphatic heterocycles. The van der Waals surface area contributed by atoms with Crippen molar-refractivity contribution in [3.05, 3.63) is 95.6 Å². The van der Waals surface area contributed by atoms with Gasteiger partial charge in [-0.15, -0.1) is 0 Å². The maximum Gasteiger partial charge on any atom is 0.407 e. The lowest BCUT2D eigenvalue weighted by Crippen LogP contribution is -2.53. The van der Waals surface area contributed by atoms with Gasteiger partial charge in [0.05, 0.1) is 26.9 Å². The summed E-state index contributed by atoms with van der Waals surface area (Å²) in [4.78, 5) is 13.0. The van der Waals surface area contributed by atoms with Gasteiger partial charge in [0.2, 0.25) is 0 Å². The topological polar surface area (TPSA) is 86.2 Å². The molecule has 0 spiro atoms. The summed E-state index contributed by atoms with van der Waals surface area (Å²) in [6.07, 6.45) is 12.6. The van der Waals surface area contributed by atoms with Crippen molar-refractivity contribution in [3.8, 4) is 11.5 Å². The zero-order chi connectivity index (χ0) is 37.1. The van der Waals surface area contributed by atoms with Crippen LogP contribution in [-0.2, 0) is 15.1 Å². The Morgan fingerprint density at radius 1 is 0.792 bits per heavy atom. The first-order valence-electron chi connectivity index (χ1n) is 20.3. The number of fused-ring (bicyclic) bond motifs is 5. The largest absolute Gasteiger partial charge is 0.497 e. The van der Waals surface area contributed by atoms with Gasteiger partial charge >= 0.3 is 6.09 Å². The van der Waals surface area contributed by atoms with Crippen molar-refractivity contribution in [3.63, 3.8) is 0 Å². The number of hydrogen-bond donors (Lipinski definition) is 2. The highest BCUT2D eigenvalue weighted by Crippen LogP contribution is 2.66. The first kappa shape index (κ1) is 37.8. The van der Waals surface area contributed by atoms with Gasteiger partial charge < -0.3 is 29.4 Å². The molecule has 0 heterocycles. The maximum absolute atomic E-state index is 13.0. The standard InChI is InChI=1S/C46H61NO6/c1-44-26-8-11-41(44)40-21-16-35-31-39(22-28-45(35,2)42(40)23-27-44)53-43(49)47-29-24-36(48)25-30-52-46(32-9-6-5-7-10-32,33-12-17-37(50-3)18-13-33)34-14-19-38(51-4)20-15-34/h5-7,9-10,12-15,17-20,35-36,39-42,48H,8,11,16,21-31H2,1-4H3,(H,47,49)/t35-,36?,39-,40-,41-,42-,44-,45-/m0/s1. The number of carbonyl (C=O) groups is 1. The molecule has 4 fully saturated rings. The summed E-state index contributed by atoms with van der Waals surface area (Å²) in [5.74, 6) is 4.82. The van der Waals surface area contributed by atoms with E-state index in [0.717, 1.165) is 65.2 Å². The molecule has 53 heavy (non-hydrogen) atoms. The predicted molar refractivity (Wildman–Crippen MR) is 208 cm³/mol. The SMILES string of the molecule is COc1ccc(C(OCCC(O)CCNC(=O)O[C@H]2CC[C@@]3(C)[C@@H](CC[C@H]4[C@@H]5CCC[C@@]5(C)CC[C@@H]43)C2)(c2ccccc2)c2ccc(OC)cc2)cc1. The van der Waals surface area contributed by atoms with Crippen molar-refractivity contribution >= 4 is 6.09 Å². The zero-order valence-electron chi connectivity index (χ0n) is 32.4. The molecular formula is C46H61NO6. The van der Waals surface area contributed by atoms with Crippen LogP contribution in [-0.4, -0.2) is 50.8 Å². The number of nitrogens with one attached hydrogen (secondary N) is 1. The molecule has 286 valence electrons. The second-order valence-corrected chi connectivity index (χ2v) is 17.1. The third-order valence-corrected chi connectivity index (χ3v) is 14.4. The number of aliphatic hydroxyl groups is 1. The molecule has 7 nitrogen and oxygen atoms in total. The number of amides is 1. The summed E-state index contributed by atoms with van der Waals surface area (Å²) in [5.41, 5.74) is 2.89. The molecule has 4 aliphatic carbocycles. The summed E-state index contributed by atoms with van der Waals surface area (Å²) in [7, 11) is 3.32. The van der Waals surface area contributed by atoms with Crippen molar-refractivity contribution in [1.29, 1.82) is 0 Å². The smallest absolute Gasteiger partial charge is 0.407 e. The molecule has 3 aromatic rings. The molecule has 2 N–H and O–H groups in total. The molecule has 4 saturated carbocycles. The van der Waals surface area contributed by atoms with Gasteiger partial charge in [-0.1, -0.05) is 74.9 Å². The van der Waals surface area contributed by atoms with Gasteiger partial charge in [-0.3, -0.25) is 0 Å². The fourth-order valence-electron chi connectivity index (χ4n) is 11.4. The minimum Gasteiger partial charge on any atom is -0.497 e. The summed E-state index contributed by atoms with van der Waals surface area (Å²) in [6.45, 7) is 5.79. The van der Waals surface area contributed by atoms with Crippen molar-refractivity contribution in [2.24, 2.45) is 34.5 Å². The molecule has 0 bridgehead atoms. The Morgan fingerprint density at radius 3 is 2.11 bits per heavy atom. The Balaban J connectivity index is 0.923. The average Bonchev–Trinajstić information content (AvgIpc) is 3.59. The number of hydrogen-bond acceptors (Lipinski definition) is 6. The van der Waals surface area contributed by atoms with Gasteiger partial charge in [0.15, 0.2) is 0 Å². The predicted octanol–water partition coefficient (Wildman–Crippen LogP) is 9.68. The number of benzene rings is 3. The van der Waals surface area contributed by atoms with Gasteiger partial charge in [0, 0.05) is 6.54 Å². The molecule has 0 radical (unpaired) electrons. The van der Waals surface area contributed by atoms with Crippen LogP contribution in [0.15, 0.2) is 78.9 Å². The highest BCUT2D eigenvalue weighted by molar-refractivity contribution is 5.67. The van der Waals surface area contributed by atoms with Crippen LogP contribution in [0.4, 0.5) is 4.79 Å². The van der Waals surface area contributed by atoms with Crippen LogP contribution in [0.5, 0.6) is 11.5 Å². The van der Waals surface area contributed by atoms with E-state index in [4.69, 9.17) is 18.9 Å². The van der Waals surface area contributed by atoms with Crippen LogP contribution in [0, 0.1) is 34.5 Å².